The molecule has 2 aromatic rings. The zero-order valence-electron chi connectivity index (χ0n) is 15.6. The van der Waals surface area contributed by atoms with Crippen molar-refractivity contribution >= 4 is 32.4 Å². The zero-order chi connectivity index (χ0) is 21.3. The molecule has 1 fully saturated rings. The number of ether oxygens (including phenoxy) is 2. The number of alkyl halides is 2. The van der Waals surface area contributed by atoms with Crippen LogP contribution >= 0.6 is 11.3 Å². The number of nitrogens with one attached hydrogen (secondary N) is 1. The lowest BCUT2D eigenvalue weighted by molar-refractivity contribution is -0.120. The van der Waals surface area contributed by atoms with Crippen molar-refractivity contribution in [1.29, 1.82) is 0 Å². The maximum absolute atomic E-state index is 12.9. The number of carbonyl (C=O) groups is 1. The molecule has 1 N–H and O–H groups in total. The normalized spacial score (nSPS) is 17.8. The Morgan fingerprint density at radius 2 is 1.87 bits per heavy atom. The SMILES string of the molecule is O=C(Nc1nnc(C(F)F)s1)C1CCN(S(=O)(=O)c2ccc3c(c2)OCCO3)CC1. The van der Waals surface area contributed by atoms with Crippen LogP contribution in [0.15, 0.2) is 23.1 Å². The Morgan fingerprint density at radius 1 is 1.17 bits per heavy atom. The highest BCUT2D eigenvalue weighted by Crippen LogP contribution is 2.34. The van der Waals surface area contributed by atoms with Crippen LogP contribution in [0.3, 0.4) is 0 Å². The highest BCUT2D eigenvalue weighted by molar-refractivity contribution is 7.89. The minimum Gasteiger partial charge on any atom is -0.486 e. The Morgan fingerprint density at radius 3 is 2.53 bits per heavy atom. The summed E-state index contributed by atoms with van der Waals surface area (Å²) in [6.45, 7) is 1.08. The second-order valence-electron chi connectivity index (χ2n) is 6.72. The van der Waals surface area contributed by atoms with Crippen molar-refractivity contribution in [3.63, 3.8) is 0 Å². The molecule has 13 heteroatoms. The molecule has 162 valence electrons. The number of rotatable bonds is 5. The minimum absolute atomic E-state index is 0.00151. The Hall–Kier alpha value is -2.38. The van der Waals surface area contributed by atoms with Crippen molar-refractivity contribution < 1.29 is 31.5 Å². The first-order chi connectivity index (χ1) is 14.3. The molecule has 0 radical (unpaired) electrons. The largest absolute Gasteiger partial charge is 0.486 e. The van der Waals surface area contributed by atoms with Gasteiger partial charge in [-0.05, 0) is 25.0 Å². The van der Waals surface area contributed by atoms with Gasteiger partial charge in [0.05, 0.1) is 4.90 Å². The number of hydrogen-bond donors (Lipinski definition) is 1. The summed E-state index contributed by atoms with van der Waals surface area (Å²) in [7, 11) is -3.75. The summed E-state index contributed by atoms with van der Waals surface area (Å²) in [6.07, 6.45) is -2.14. The lowest BCUT2D eigenvalue weighted by Crippen LogP contribution is -2.41. The number of piperidine rings is 1. The molecular weight excluding hydrogens is 442 g/mol. The van der Waals surface area contributed by atoms with E-state index in [9.17, 15) is 22.0 Å². The van der Waals surface area contributed by atoms with E-state index < -0.39 is 27.4 Å². The molecule has 4 rings (SSSR count). The summed E-state index contributed by atoms with van der Waals surface area (Å²) in [5.74, 6) is 0.0537. The Labute approximate surface area is 175 Å². The van der Waals surface area contributed by atoms with Crippen LogP contribution < -0.4 is 14.8 Å². The van der Waals surface area contributed by atoms with E-state index in [-0.39, 0.29) is 29.0 Å². The van der Waals surface area contributed by atoms with Gasteiger partial charge in [-0.25, -0.2) is 17.2 Å². The molecule has 1 saturated heterocycles. The average molecular weight is 460 g/mol. The van der Waals surface area contributed by atoms with E-state index in [0.29, 0.717) is 48.9 Å². The van der Waals surface area contributed by atoms with Crippen LogP contribution in [-0.2, 0) is 14.8 Å². The number of aromatic nitrogens is 2. The van der Waals surface area contributed by atoms with Gasteiger partial charge in [-0.2, -0.15) is 4.31 Å². The molecule has 0 aliphatic carbocycles. The van der Waals surface area contributed by atoms with Crippen LogP contribution in [0.1, 0.15) is 24.3 Å². The molecule has 2 aliphatic heterocycles. The third kappa shape index (κ3) is 4.23. The molecular formula is C17H18F2N4O5S2. The van der Waals surface area contributed by atoms with Crippen molar-refractivity contribution in [2.45, 2.75) is 24.2 Å². The molecule has 0 atom stereocenters. The summed E-state index contributed by atoms with van der Waals surface area (Å²) >= 11 is 0.614. The topological polar surface area (TPSA) is 111 Å². The first kappa shape index (κ1) is 20.9. The van der Waals surface area contributed by atoms with E-state index in [2.05, 4.69) is 15.5 Å². The summed E-state index contributed by atoms with van der Waals surface area (Å²) in [5.41, 5.74) is 0. The second-order valence-corrected chi connectivity index (χ2v) is 9.67. The quantitative estimate of drug-likeness (QED) is 0.729. The number of nitrogens with zero attached hydrogens (tertiary/aromatic N) is 3. The first-order valence-electron chi connectivity index (χ1n) is 9.17. The molecule has 3 heterocycles. The number of fused-ring (bicyclic) bond motifs is 1. The van der Waals surface area contributed by atoms with Gasteiger partial charge in [0.15, 0.2) is 16.5 Å². The van der Waals surface area contributed by atoms with Crippen LogP contribution in [0.4, 0.5) is 13.9 Å². The summed E-state index contributed by atoms with van der Waals surface area (Å²) in [5, 5.41) is 8.86. The first-order valence-corrected chi connectivity index (χ1v) is 11.4. The molecule has 0 saturated carbocycles. The summed E-state index contributed by atoms with van der Waals surface area (Å²) < 4.78 is 63.2. The van der Waals surface area contributed by atoms with Gasteiger partial charge in [0.2, 0.25) is 21.1 Å². The van der Waals surface area contributed by atoms with E-state index >= 15 is 0 Å². The number of hydrogen-bond acceptors (Lipinski definition) is 8. The van der Waals surface area contributed by atoms with Crippen molar-refractivity contribution in [3.05, 3.63) is 23.2 Å². The molecule has 30 heavy (non-hydrogen) atoms. The fraction of sp³-hybridized carbons (Fsp3) is 0.471. The molecule has 2 aliphatic rings. The highest BCUT2D eigenvalue weighted by Gasteiger charge is 2.33. The molecule has 1 aromatic heterocycles. The van der Waals surface area contributed by atoms with E-state index in [1.165, 1.54) is 16.4 Å². The van der Waals surface area contributed by atoms with Crippen molar-refractivity contribution in [3.8, 4) is 11.5 Å². The highest BCUT2D eigenvalue weighted by atomic mass is 32.2. The van der Waals surface area contributed by atoms with Gasteiger partial charge in [-0.15, -0.1) is 10.2 Å². The number of benzene rings is 1. The summed E-state index contributed by atoms with van der Waals surface area (Å²) in [6, 6.07) is 4.48. The van der Waals surface area contributed by atoms with Crippen molar-refractivity contribution in [1.82, 2.24) is 14.5 Å². The van der Waals surface area contributed by atoms with Crippen LogP contribution in [0, 0.1) is 5.92 Å². The van der Waals surface area contributed by atoms with Gasteiger partial charge in [0.1, 0.15) is 13.2 Å². The Kier molecular flexibility index (Phi) is 5.84. The molecule has 9 nitrogen and oxygen atoms in total. The zero-order valence-corrected chi connectivity index (χ0v) is 17.2. The minimum atomic E-state index is -3.75. The van der Waals surface area contributed by atoms with E-state index in [1.54, 1.807) is 6.07 Å². The van der Waals surface area contributed by atoms with Gasteiger partial charge in [-0.3, -0.25) is 4.79 Å². The number of amides is 1. The second kappa shape index (κ2) is 8.40. The van der Waals surface area contributed by atoms with Crippen LogP contribution in [0.2, 0.25) is 0 Å². The number of sulfonamides is 1. The van der Waals surface area contributed by atoms with E-state index in [4.69, 9.17) is 9.47 Å². The predicted molar refractivity (Wildman–Crippen MR) is 102 cm³/mol. The molecule has 0 bridgehead atoms. The van der Waals surface area contributed by atoms with Gasteiger partial charge < -0.3 is 14.8 Å². The van der Waals surface area contributed by atoms with E-state index in [1.807, 2.05) is 0 Å². The van der Waals surface area contributed by atoms with Gasteiger partial charge >= 0.3 is 0 Å². The smallest absolute Gasteiger partial charge is 0.291 e. The van der Waals surface area contributed by atoms with Crippen molar-refractivity contribution in [2.75, 3.05) is 31.6 Å². The monoisotopic (exact) mass is 460 g/mol. The third-order valence-corrected chi connectivity index (χ3v) is 7.57. The van der Waals surface area contributed by atoms with Crippen LogP contribution in [0.25, 0.3) is 0 Å². The maximum Gasteiger partial charge on any atom is 0.291 e. The number of anilines is 1. The lowest BCUT2D eigenvalue weighted by atomic mass is 9.97. The van der Waals surface area contributed by atoms with Crippen LogP contribution in [0.5, 0.6) is 11.5 Å². The van der Waals surface area contributed by atoms with Gasteiger partial charge in [0, 0.05) is 25.1 Å². The molecule has 1 amide bonds. The number of carbonyl (C=O) groups excluding carboxylic acids is 1. The lowest BCUT2D eigenvalue weighted by Gasteiger charge is -2.30. The standard InChI is InChI=1S/C17H18F2N4O5S2/c18-14(19)16-21-22-17(29-16)20-15(24)10-3-5-23(6-4-10)30(25,26)11-1-2-12-13(9-11)28-8-7-27-12/h1-2,9-10,14H,3-8H2,(H,20,22,24). The Bertz CT molecular complexity index is 1040. The average Bonchev–Trinajstić information content (AvgIpc) is 3.22. The van der Waals surface area contributed by atoms with Crippen LogP contribution in [-0.4, -0.2) is 55.1 Å². The molecule has 1 aromatic carbocycles. The van der Waals surface area contributed by atoms with E-state index in [0.717, 1.165) is 0 Å². The fourth-order valence-electron chi connectivity index (χ4n) is 3.27. The fourth-order valence-corrected chi connectivity index (χ4v) is 5.36. The van der Waals surface area contributed by atoms with Gasteiger partial charge in [-0.1, -0.05) is 11.3 Å². The predicted octanol–water partition coefficient (Wildman–Crippen LogP) is 2.29. The number of halogens is 2. The summed E-state index contributed by atoms with van der Waals surface area (Å²) in [4.78, 5) is 12.5. The molecule has 0 unspecified atom stereocenters. The Balaban J connectivity index is 1.38. The van der Waals surface area contributed by atoms with Crippen molar-refractivity contribution in [2.24, 2.45) is 5.92 Å². The van der Waals surface area contributed by atoms with Gasteiger partial charge in [0.25, 0.3) is 6.43 Å². The molecule has 0 spiro atoms. The maximum atomic E-state index is 12.9. The third-order valence-electron chi connectivity index (χ3n) is 4.83.